The third-order valence-corrected chi connectivity index (χ3v) is 12.5. The maximum atomic E-state index is 5.16. The number of hydrogen-bond acceptors (Lipinski definition) is 3. The molecule has 3 heteroatoms. The van der Waals surface area contributed by atoms with E-state index in [1.165, 1.54) is 83.5 Å². The Morgan fingerprint density at radius 1 is 0.362 bits per heavy atom. The average molecular weight is 742 g/mol. The van der Waals surface area contributed by atoms with Crippen molar-refractivity contribution >= 4 is 0 Å². The lowest BCUT2D eigenvalue weighted by Gasteiger charge is -2.31. The van der Waals surface area contributed by atoms with Gasteiger partial charge >= 0.3 is 0 Å². The predicted octanol–water partition coefficient (Wildman–Crippen LogP) is 13.5. The monoisotopic (exact) mass is 741 g/mol. The van der Waals surface area contributed by atoms with Crippen LogP contribution in [-0.4, -0.2) is 15.0 Å². The third-order valence-electron chi connectivity index (χ3n) is 12.5. The molecule has 0 N–H and O–H groups in total. The van der Waals surface area contributed by atoms with E-state index in [4.69, 9.17) is 9.97 Å². The molecule has 2 aromatic heterocycles. The first-order chi connectivity index (χ1) is 28.5. The van der Waals surface area contributed by atoms with Gasteiger partial charge in [0.2, 0.25) is 0 Å². The lowest BCUT2D eigenvalue weighted by Crippen LogP contribution is -2.25. The van der Waals surface area contributed by atoms with Crippen LogP contribution in [0.4, 0.5) is 0 Å². The van der Waals surface area contributed by atoms with E-state index in [-0.39, 0.29) is 0 Å². The van der Waals surface area contributed by atoms with E-state index in [1.807, 2.05) is 19.3 Å². The van der Waals surface area contributed by atoms with Crippen molar-refractivity contribution in [3.63, 3.8) is 0 Å². The highest BCUT2D eigenvalue weighted by atomic mass is 14.9. The molecule has 0 atom stereocenters. The summed E-state index contributed by atoms with van der Waals surface area (Å²) in [5.41, 5.74) is 23.3. The highest BCUT2D eigenvalue weighted by Crippen LogP contribution is 2.64. The van der Waals surface area contributed by atoms with Crippen LogP contribution in [0.2, 0.25) is 0 Å². The Balaban J connectivity index is 1.14. The maximum absolute atomic E-state index is 5.16. The van der Waals surface area contributed by atoms with E-state index in [9.17, 15) is 0 Å². The normalized spacial score (nSPS) is 12.9. The van der Waals surface area contributed by atoms with Crippen LogP contribution in [0.25, 0.3) is 78.1 Å². The zero-order chi connectivity index (χ0) is 39.0. The van der Waals surface area contributed by atoms with Gasteiger partial charge in [-0.3, -0.25) is 4.98 Å². The summed E-state index contributed by atoms with van der Waals surface area (Å²) in [6, 6.07) is 62.1. The molecular weight excluding hydrogens is 703 g/mol. The van der Waals surface area contributed by atoms with E-state index in [0.717, 1.165) is 33.9 Å². The number of rotatable bonds is 5. The second kappa shape index (κ2) is 13.2. The Kier molecular flexibility index (Phi) is 7.74. The Labute approximate surface area is 339 Å². The van der Waals surface area contributed by atoms with Crippen molar-refractivity contribution in [2.75, 3.05) is 0 Å². The van der Waals surface area contributed by atoms with Crippen LogP contribution in [0.1, 0.15) is 39.2 Å². The molecule has 9 aromatic rings. The molecule has 7 aromatic carbocycles. The fourth-order valence-corrected chi connectivity index (χ4v) is 9.76. The minimum Gasteiger partial charge on any atom is -0.264 e. The Bertz CT molecular complexity index is 3040. The predicted molar refractivity (Wildman–Crippen MR) is 238 cm³/mol. The molecule has 0 unspecified atom stereocenters. The van der Waals surface area contributed by atoms with Crippen LogP contribution in [0.15, 0.2) is 182 Å². The molecule has 0 radical (unpaired) electrons. The van der Waals surface area contributed by atoms with Gasteiger partial charge in [0.25, 0.3) is 0 Å². The van der Waals surface area contributed by atoms with Gasteiger partial charge in [0.05, 0.1) is 16.8 Å². The molecule has 2 aliphatic carbocycles. The molecule has 0 aliphatic heterocycles. The molecule has 274 valence electrons. The van der Waals surface area contributed by atoms with Gasteiger partial charge in [-0.25, -0.2) is 9.97 Å². The van der Waals surface area contributed by atoms with Crippen LogP contribution in [-0.2, 0) is 5.41 Å². The smallest absolute Gasteiger partial charge is 0.126 e. The number of aryl methyl sites for hydroxylation is 2. The topological polar surface area (TPSA) is 38.7 Å². The van der Waals surface area contributed by atoms with Gasteiger partial charge < -0.3 is 0 Å². The van der Waals surface area contributed by atoms with Gasteiger partial charge in [0.1, 0.15) is 5.82 Å². The number of nitrogens with zero attached hydrogens (tertiary/aromatic N) is 3. The largest absolute Gasteiger partial charge is 0.264 e. The van der Waals surface area contributed by atoms with Crippen molar-refractivity contribution in [2.24, 2.45) is 0 Å². The minimum atomic E-state index is -0.516. The summed E-state index contributed by atoms with van der Waals surface area (Å²) >= 11 is 0. The third kappa shape index (κ3) is 5.03. The van der Waals surface area contributed by atoms with Crippen molar-refractivity contribution < 1.29 is 0 Å². The van der Waals surface area contributed by atoms with Gasteiger partial charge in [0, 0.05) is 29.1 Å². The lowest BCUT2D eigenvalue weighted by molar-refractivity contribution is 0.794. The summed E-state index contributed by atoms with van der Waals surface area (Å²) in [7, 11) is 0. The molecule has 2 aliphatic rings. The van der Waals surface area contributed by atoms with Crippen molar-refractivity contribution in [3.8, 4) is 78.1 Å². The lowest BCUT2D eigenvalue weighted by atomic mass is 9.70. The fourth-order valence-electron chi connectivity index (χ4n) is 9.76. The minimum absolute atomic E-state index is 0.516. The first-order valence-corrected chi connectivity index (χ1v) is 20.0. The summed E-state index contributed by atoms with van der Waals surface area (Å²) in [6.07, 6.45) is 3.96. The fraction of sp³-hybridized carbons (Fsp3) is 0.0727. The van der Waals surface area contributed by atoms with E-state index >= 15 is 0 Å². The number of pyridine rings is 1. The number of aromatic nitrogens is 3. The van der Waals surface area contributed by atoms with Gasteiger partial charge in [-0.1, -0.05) is 158 Å². The quantitative estimate of drug-likeness (QED) is 0.176. The summed E-state index contributed by atoms with van der Waals surface area (Å²) in [5.74, 6) is 0.745. The highest BCUT2D eigenvalue weighted by Gasteiger charge is 2.52. The molecule has 0 bridgehead atoms. The van der Waals surface area contributed by atoms with E-state index in [1.54, 1.807) is 0 Å². The van der Waals surface area contributed by atoms with Crippen molar-refractivity contribution in [2.45, 2.75) is 26.2 Å². The van der Waals surface area contributed by atoms with Crippen LogP contribution in [0.3, 0.4) is 0 Å². The first kappa shape index (κ1) is 34.1. The van der Waals surface area contributed by atoms with Gasteiger partial charge in [-0.05, 0) is 116 Å². The molecule has 0 saturated heterocycles. The molecular formula is C55H39N3. The number of hydrogen-bond donors (Lipinski definition) is 0. The number of benzene rings is 7. The van der Waals surface area contributed by atoms with E-state index in [2.05, 4.69) is 189 Å². The Hall–Kier alpha value is -7.23. The molecule has 0 fully saturated rings. The molecule has 0 amide bonds. The molecule has 0 saturated carbocycles. The zero-order valence-electron chi connectivity index (χ0n) is 32.7. The van der Waals surface area contributed by atoms with E-state index < -0.39 is 5.41 Å². The SMILES string of the molecule is Cc1nc(-c2ccc(-c3ccccc3)cc2)cc(-c2cccc3c2-c2ccc(-c4ccccc4-c4cncc(C)c4C)cc2C32c3ccccc3-c3ccccc32)n1. The maximum Gasteiger partial charge on any atom is 0.126 e. The summed E-state index contributed by atoms with van der Waals surface area (Å²) in [4.78, 5) is 14.8. The molecule has 1 spiro atoms. The van der Waals surface area contributed by atoms with Gasteiger partial charge in [-0.15, -0.1) is 0 Å². The van der Waals surface area contributed by atoms with Crippen molar-refractivity contribution in [1.29, 1.82) is 0 Å². The molecule has 58 heavy (non-hydrogen) atoms. The summed E-state index contributed by atoms with van der Waals surface area (Å²) in [6.45, 7) is 6.34. The van der Waals surface area contributed by atoms with Crippen molar-refractivity contribution in [1.82, 2.24) is 15.0 Å². The first-order valence-electron chi connectivity index (χ1n) is 20.0. The molecule has 3 nitrogen and oxygen atoms in total. The molecule has 2 heterocycles. The molecule has 11 rings (SSSR count). The standard InChI is InChI=1S/C55H39N3/c1-34-32-56-33-47(35(34)2)42-17-8-7-16-41(42)40-28-29-45-51(30-40)55(48-21-11-9-18-43(48)44-19-10-12-22-49(44)55)50-23-13-20-46(54(45)50)53-31-52(57-36(3)58-53)39-26-24-38(25-27-39)37-14-5-4-6-15-37/h4-33H,1-3H3. The average Bonchev–Trinajstić information content (AvgIpc) is 3.75. The van der Waals surface area contributed by atoms with Crippen LogP contribution in [0.5, 0.6) is 0 Å². The second-order valence-electron chi connectivity index (χ2n) is 15.6. The Morgan fingerprint density at radius 2 is 0.931 bits per heavy atom. The zero-order valence-corrected chi connectivity index (χ0v) is 32.7. The van der Waals surface area contributed by atoms with Gasteiger partial charge in [0.15, 0.2) is 0 Å². The van der Waals surface area contributed by atoms with Crippen molar-refractivity contribution in [3.05, 3.63) is 221 Å². The van der Waals surface area contributed by atoms with E-state index in [0.29, 0.717) is 0 Å². The number of fused-ring (bicyclic) bond motifs is 10. The summed E-state index contributed by atoms with van der Waals surface area (Å²) < 4.78 is 0. The second-order valence-corrected chi connectivity index (χ2v) is 15.6. The summed E-state index contributed by atoms with van der Waals surface area (Å²) in [5, 5.41) is 0. The highest BCUT2D eigenvalue weighted by molar-refractivity contribution is 6.01. The Morgan fingerprint density at radius 3 is 1.67 bits per heavy atom. The van der Waals surface area contributed by atoms with Crippen LogP contribution < -0.4 is 0 Å². The van der Waals surface area contributed by atoms with Crippen LogP contribution in [0, 0.1) is 20.8 Å². The van der Waals surface area contributed by atoms with Crippen LogP contribution >= 0.6 is 0 Å². The van der Waals surface area contributed by atoms with Gasteiger partial charge in [-0.2, -0.15) is 0 Å².